The number of nitrogens with zero attached hydrogens (tertiary/aromatic N) is 2. The number of benzene rings is 1. The standard InChI is InChI=1S/C21H22N2O4/c24-20(19-10-15-4-1-2-6-18(15)27-19)23-13-21(14-23)16(7-9-26-21)12-25-17-5-3-8-22-11-17/h1-6,8,11,16,19H,7,9-10,12-14H2/t16-,19+/m1/s1. The molecule has 0 saturated carbocycles. The minimum Gasteiger partial charge on any atom is -0.492 e. The fraction of sp³-hybridized carbons (Fsp3) is 0.429. The number of carbonyl (C=O) groups is 1. The Balaban J connectivity index is 1.18. The molecule has 3 aliphatic heterocycles. The largest absolute Gasteiger partial charge is 0.492 e. The Morgan fingerprint density at radius 2 is 2.15 bits per heavy atom. The first-order valence-corrected chi connectivity index (χ1v) is 9.44. The molecule has 0 bridgehead atoms. The Morgan fingerprint density at radius 3 is 2.96 bits per heavy atom. The van der Waals surface area contributed by atoms with Gasteiger partial charge in [-0.15, -0.1) is 0 Å². The van der Waals surface area contributed by atoms with E-state index in [1.165, 1.54) is 0 Å². The molecule has 1 aromatic carbocycles. The highest BCUT2D eigenvalue weighted by Gasteiger charge is 2.55. The van der Waals surface area contributed by atoms with Crippen LogP contribution in [0.1, 0.15) is 12.0 Å². The van der Waals surface area contributed by atoms with Crippen LogP contribution >= 0.6 is 0 Å². The number of aromatic nitrogens is 1. The summed E-state index contributed by atoms with van der Waals surface area (Å²) < 4.78 is 17.8. The number of hydrogen-bond acceptors (Lipinski definition) is 5. The topological polar surface area (TPSA) is 60.9 Å². The molecule has 4 heterocycles. The van der Waals surface area contributed by atoms with Gasteiger partial charge in [-0.25, -0.2) is 0 Å². The molecule has 2 aromatic rings. The van der Waals surface area contributed by atoms with E-state index >= 15 is 0 Å². The summed E-state index contributed by atoms with van der Waals surface area (Å²) in [6.07, 6.45) is 4.63. The maximum atomic E-state index is 12.8. The number of amides is 1. The first kappa shape index (κ1) is 16.6. The second kappa shape index (κ2) is 6.53. The number of carbonyl (C=O) groups excluding carboxylic acids is 1. The number of pyridine rings is 1. The highest BCUT2D eigenvalue weighted by molar-refractivity contribution is 5.83. The van der Waals surface area contributed by atoms with Gasteiger partial charge >= 0.3 is 0 Å². The van der Waals surface area contributed by atoms with Crippen LogP contribution in [-0.2, 0) is 16.0 Å². The molecule has 0 N–H and O–H groups in total. The predicted octanol–water partition coefficient (Wildman–Crippen LogP) is 2.08. The van der Waals surface area contributed by atoms with Gasteiger partial charge in [0.1, 0.15) is 17.1 Å². The third kappa shape index (κ3) is 2.94. The van der Waals surface area contributed by atoms with E-state index in [1.54, 1.807) is 12.4 Å². The van der Waals surface area contributed by atoms with Crippen molar-refractivity contribution in [2.75, 3.05) is 26.3 Å². The van der Waals surface area contributed by atoms with Crippen molar-refractivity contribution in [1.29, 1.82) is 0 Å². The van der Waals surface area contributed by atoms with Crippen LogP contribution in [0.3, 0.4) is 0 Å². The van der Waals surface area contributed by atoms with Crippen LogP contribution in [0.2, 0.25) is 0 Å². The quantitative estimate of drug-likeness (QED) is 0.829. The maximum Gasteiger partial charge on any atom is 0.264 e. The van der Waals surface area contributed by atoms with Gasteiger partial charge in [-0.1, -0.05) is 18.2 Å². The Bertz CT molecular complexity index is 810. The van der Waals surface area contributed by atoms with Gasteiger partial charge in [-0.3, -0.25) is 9.78 Å². The summed E-state index contributed by atoms with van der Waals surface area (Å²) in [4.78, 5) is 18.8. The highest BCUT2D eigenvalue weighted by atomic mass is 16.5. The first-order valence-electron chi connectivity index (χ1n) is 9.44. The van der Waals surface area contributed by atoms with Crippen LogP contribution in [0.15, 0.2) is 48.8 Å². The second-order valence-electron chi connectivity index (χ2n) is 7.51. The normalized spacial score (nSPS) is 25.0. The molecular formula is C21H22N2O4. The van der Waals surface area contributed by atoms with E-state index in [9.17, 15) is 4.79 Å². The van der Waals surface area contributed by atoms with Gasteiger partial charge in [0.2, 0.25) is 0 Å². The Morgan fingerprint density at radius 1 is 1.26 bits per heavy atom. The SMILES string of the molecule is O=C([C@@H]1Cc2ccccc2O1)N1CC2(C1)OCC[C@@H]2COc1cccnc1. The smallest absolute Gasteiger partial charge is 0.264 e. The van der Waals surface area contributed by atoms with Gasteiger partial charge in [-0.05, 0) is 30.2 Å². The predicted molar refractivity (Wildman–Crippen MR) is 97.7 cm³/mol. The van der Waals surface area contributed by atoms with Gasteiger partial charge in [0.15, 0.2) is 6.10 Å². The van der Waals surface area contributed by atoms with Gasteiger partial charge in [0.05, 0.1) is 25.9 Å². The van der Waals surface area contributed by atoms with Gasteiger partial charge in [0, 0.05) is 25.1 Å². The summed E-state index contributed by atoms with van der Waals surface area (Å²) >= 11 is 0. The molecular weight excluding hydrogens is 344 g/mol. The Hall–Kier alpha value is -2.60. The minimum atomic E-state index is -0.411. The number of hydrogen-bond donors (Lipinski definition) is 0. The van der Waals surface area contributed by atoms with E-state index < -0.39 is 6.10 Å². The highest BCUT2D eigenvalue weighted by Crippen LogP contribution is 2.41. The van der Waals surface area contributed by atoms with Crippen molar-refractivity contribution in [1.82, 2.24) is 9.88 Å². The molecule has 1 spiro atoms. The lowest BCUT2D eigenvalue weighted by atomic mass is 9.81. The summed E-state index contributed by atoms with van der Waals surface area (Å²) in [5.74, 6) is 1.93. The van der Waals surface area contributed by atoms with Crippen LogP contribution in [-0.4, -0.2) is 53.8 Å². The molecule has 2 saturated heterocycles. The maximum absolute atomic E-state index is 12.8. The Kier molecular flexibility index (Phi) is 4.01. The number of rotatable bonds is 4. The number of para-hydroxylation sites is 1. The van der Waals surface area contributed by atoms with Gasteiger partial charge in [0.25, 0.3) is 5.91 Å². The molecule has 2 fully saturated rings. The number of ether oxygens (including phenoxy) is 3. The van der Waals surface area contributed by atoms with Crippen molar-refractivity contribution in [2.24, 2.45) is 5.92 Å². The van der Waals surface area contributed by atoms with Crippen molar-refractivity contribution in [3.8, 4) is 11.5 Å². The molecule has 6 nitrogen and oxygen atoms in total. The lowest BCUT2D eigenvalue weighted by Crippen LogP contribution is -2.68. The monoisotopic (exact) mass is 366 g/mol. The van der Waals surface area contributed by atoms with Gasteiger partial charge in [-0.2, -0.15) is 0 Å². The second-order valence-corrected chi connectivity index (χ2v) is 7.51. The van der Waals surface area contributed by atoms with E-state index in [-0.39, 0.29) is 17.4 Å². The van der Waals surface area contributed by atoms with Crippen LogP contribution in [0.25, 0.3) is 0 Å². The molecule has 1 amide bonds. The molecule has 0 unspecified atom stereocenters. The molecule has 2 atom stereocenters. The molecule has 0 aliphatic carbocycles. The van der Waals surface area contributed by atoms with E-state index in [0.717, 1.165) is 23.5 Å². The van der Waals surface area contributed by atoms with Gasteiger partial charge < -0.3 is 19.1 Å². The Labute approximate surface area is 158 Å². The van der Waals surface area contributed by atoms with E-state index in [1.807, 2.05) is 41.3 Å². The van der Waals surface area contributed by atoms with E-state index in [2.05, 4.69) is 4.98 Å². The summed E-state index contributed by atoms with van der Waals surface area (Å²) in [5.41, 5.74) is 0.828. The fourth-order valence-corrected chi connectivity index (χ4v) is 4.28. The number of fused-ring (bicyclic) bond motifs is 1. The third-order valence-corrected chi connectivity index (χ3v) is 5.84. The molecule has 5 rings (SSSR count). The fourth-order valence-electron chi connectivity index (χ4n) is 4.28. The van der Waals surface area contributed by atoms with Crippen LogP contribution in [0.4, 0.5) is 0 Å². The lowest BCUT2D eigenvalue weighted by molar-refractivity contribution is -0.172. The van der Waals surface area contributed by atoms with Crippen LogP contribution in [0.5, 0.6) is 11.5 Å². The van der Waals surface area contributed by atoms with Crippen molar-refractivity contribution in [3.63, 3.8) is 0 Å². The molecule has 1 aromatic heterocycles. The summed E-state index contributed by atoms with van der Waals surface area (Å²) in [5, 5.41) is 0. The van der Waals surface area contributed by atoms with E-state index in [4.69, 9.17) is 14.2 Å². The summed E-state index contributed by atoms with van der Waals surface area (Å²) in [6, 6.07) is 11.6. The zero-order chi connectivity index (χ0) is 18.3. The van der Waals surface area contributed by atoms with Crippen molar-refractivity contribution in [2.45, 2.75) is 24.5 Å². The minimum absolute atomic E-state index is 0.0549. The average Bonchev–Trinajstić information content (AvgIpc) is 3.29. The zero-order valence-corrected chi connectivity index (χ0v) is 15.0. The lowest BCUT2D eigenvalue weighted by Gasteiger charge is -2.50. The molecule has 0 radical (unpaired) electrons. The van der Waals surface area contributed by atoms with Crippen LogP contribution in [0, 0.1) is 5.92 Å². The van der Waals surface area contributed by atoms with Crippen LogP contribution < -0.4 is 9.47 Å². The van der Waals surface area contributed by atoms with Crippen molar-refractivity contribution in [3.05, 3.63) is 54.4 Å². The molecule has 3 aliphatic rings. The summed E-state index contributed by atoms with van der Waals surface area (Å²) in [6.45, 7) is 2.53. The van der Waals surface area contributed by atoms with E-state index in [0.29, 0.717) is 32.7 Å². The first-order chi connectivity index (χ1) is 13.2. The molecule has 27 heavy (non-hydrogen) atoms. The number of likely N-dealkylation sites (tertiary alicyclic amines) is 1. The van der Waals surface area contributed by atoms with Crippen molar-refractivity contribution >= 4 is 5.91 Å². The van der Waals surface area contributed by atoms with Crippen molar-refractivity contribution < 1.29 is 19.0 Å². The zero-order valence-electron chi connectivity index (χ0n) is 15.0. The summed E-state index contributed by atoms with van der Waals surface area (Å²) in [7, 11) is 0. The molecule has 6 heteroatoms. The average molecular weight is 366 g/mol. The molecule has 140 valence electrons. The third-order valence-electron chi connectivity index (χ3n) is 5.84.